The third kappa shape index (κ3) is 4.29. The van der Waals surface area contributed by atoms with Gasteiger partial charge in [-0.15, -0.1) is 0 Å². The third-order valence-corrected chi connectivity index (χ3v) is 5.27. The minimum absolute atomic E-state index is 0.146. The lowest BCUT2D eigenvalue weighted by Gasteiger charge is -2.16. The predicted octanol–water partition coefficient (Wildman–Crippen LogP) is 4.37. The van der Waals surface area contributed by atoms with Gasteiger partial charge in [0.25, 0.3) is 0 Å². The Morgan fingerprint density at radius 1 is 0.966 bits per heavy atom. The van der Waals surface area contributed by atoms with E-state index in [-0.39, 0.29) is 30.0 Å². The largest absolute Gasteiger partial charge is 0.493 e. The maximum Gasteiger partial charge on any atom is 0.233 e. The van der Waals surface area contributed by atoms with Gasteiger partial charge in [-0.3, -0.25) is 14.5 Å². The zero-order valence-electron chi connectivity index (χ0n) is 16.0. The number of carbonyl (C=O) groups is 2. The summed E-state index contributed by atoms with van der Waals surface area (Å²) in [7, 11) is 0. The number of benzene rings is 3. The van der Waals surface area contributed by atoms with Gasteiger partial charge in [-0.2, -0.15) is 0 Å². The van der Waals surface area contributed by atoms with Gasteiger partial charge >= 0.3 is 0 Å². The Hall–Kier alpha value is -3.21. The summed E-state index contributed by atoms with van der Waals surface area (Å²) in [5.41, 5.74) is 0.860. The van der Waals surface area contributed by atoms with E-state index in [9.17, 15) is 14.0 Å². The summed E-state index contributed by atoms with van der Waals surface area (Å²) < 4.78 is 18.9. The average molecular weight is 391 g/mol. The smallest absolute Gasteiger partial charge is 0.233 e. The van der Waals surface area contributed by atoms with Gasteiger partial charge in [-0.25, -0.2) is 4.39 Å². The molecule has 2 amide bonds. The SMILES string of the molecule is O=C1CC(Cc2ccc(F)cc2)C(=O)N1CCCOc1cccc2ccccc12. The van der Waals surface area contributed by atoms with Crippen molar-refractivity contribution in [2.75, 3.05) is 13.2 Å². The van der Waals surface area contributed by atoms with Crippen LogP contribution in [0.2, 0.25) is 0 Å². The number of ether oxygens (including phenoxy) is 1. The molecule has 3 aromatic rings. The van der Waals surface area contributed by atoms with E-state index in [2.05, 4.69) is 0 Å². The molecule has 3 aromatic carbocycles. The minimum Gasteiger partial charge on any atom is -0.493 e. The predicted molar refractivity (Wildman–Crippen MR) is 109 cm³/mol. The number of carbonyl (C=O) groups excluding carboxylic acids is 2. The Morgan fingerprint density at radius 2 is 1.72 bits per heavy atom. The van der Waals surface area contributed by atoms with Crippen molar-refractivity contribution in [1.29, 1.82) is 0 Å². The van der Waals surface area contributed by atoms with Gasteiger partial charge < -0.3 is 4.74 Å². The number of halogens is 1. The van der Waals surface area contributed by atoms with Crippen molar-refractivity contribution < 1.29 is 18.7 Å². The third-order valence-electron chi connectivity index (χ3n) is 5.27. The van der Waals surface area contributed by atoms with Gasteiger partial charge in [0.05, 0.1) is 12.5 Å². The Bertz CT molecular complexity index is 1030. The lowest BCUT2D eigenvalue weighted by molar-refractivity contribution is -0.139. The van der Waals surface area contributed by atoms with Crippen LogP contribution in [0, 0.1) is 11.7 Å². The van der Waals surface area contributed by atoms with E-state index in [0.717, 1.165) is 22.1 Å². The van der Waals surface area contributed by atoms with Crippen molar-refractivity contribution in [1.82, 2.24) is 4.90 Å². The fraction of sp³-hybridized carbons (Fsp3) is 0.250. The summed E-state index contributed by atoms with van der Waals surface area (Å²) in [5, 5.41) is 2.15. The quantitative estimate of drug-likeness (QED) is 0.444. The fourth-order valence-electron chi connectivity index (χ4n) is 3.78. The molecule has 1 fully saturated rings. The lowest BCUT2D eigenvalue weighted by Crippen LogP contribution is -2.32. The molecule has 0 bridgehead atoms. The van der Waals surface area contributed by atoms with Crippen LogP contribution in [0.1, 0.15) is 18.4 Å². The van der Waals surface area contributed by atoms with Crippen LogP contribution in [0.25, 0.3) is 10.8 Å². The monoisotopic (exact) mass is 391 g/mol. The molecule has 1 saturated heterocycles. The Labute approximate surface area is 168 Å². The standard InChI is InChI=1S/C24H22FNO3/c25-20-11-9-17(10-12-20)15-19-16-23(27)26(24(19)28)13-4-14-29-22-8-3-6-18-5-1-2-7-21(18)22/h1-3,5-12,19H,4,13-16H2. The molecule has 1 atom stereocenters. The number of hydrogen-bond donors (Lipinski definition) is 0. The Balaban J connectivity index is 1.31. The molecule has 148 valence electrons. The van der Waals surface area contributed by atoms with Crippen molar-refractivity contribution in [3.8, 4) is 5.75 Å². The normalized spacial score (nSPS) is 16.6. The van der Waals surface area contributed by atoms with Gasteiger partial charge in [0, 0.05) is 18.4 Å². The molecule has 0 saturated carbocycles. The van der Waals surface area contributed by atoms with Gasteiger partial charge in [0.2, 0.25) is 11.8 Å². The number of rotatable bonds is 7. The molecule has 1 aliphatic heterocycles. The second kappa shape index (κ2) is 8.43. The molecule has 1 unspecified atom stereocenters. The highest BCUT2D eigenvalue weighted by atomic mass is 19.1. The molecule has 0 aromatic heterocycles. The first kappa shape index (κ1) is 19.1. The maximum absolute atomic E-state index is 13.0. The van der Waals surface area contributed by atoms with Crippen LogP contribution in [-0.2, 0) is 16.0 Å². The minimum atomic E-state index is -0.369. The van der Waals surface area contributed by atoms with Crippen molar-refractivity contribution in [2.24, 2.45) is 5.92 Å². The van der Waals surface area contributed by atoms with Gasteiger partial charge in [0.15, 0.2) is 0 Å². The van der Waals surface area contributed by atoms with Crippen molar-refractivity contribution in [3.05, 3.63) is 78.1 Å². The molecule has 4 nitrogen and oxygen atoms in total. The van der Waals surface area contributed by atoms with E-state index in [1.54, 1.807) is 12.1 Å². The van der Waals surface area contributed by atoms with Crippen LogP contribution >= 0.6 is 0 Å². The van der Waals surface area contributed by atoms with Crippen LogP contribution < -0.4 is 4.74 Å². The summed E-state index contributed by atoms with van der Waals surface area (Å²) in [6.45, 7) is 0.774. The molecule has 0 aliphatic carbocycles. The highest BCUT2D eigenvalue weighted by molar-refractivity contribution is 6.03. The first-order chi connectivity index (χ1) is 14.1. The molecular weight excluding hydrogens is 369 g/mol. The highest BCUT2D eigenvalue weighted by Gasteiger charge is 2.37. The van der Waals surface area contributed by atoms with Crippen LogP contribution in [0.4, 0.5) is 4.39 Å². The number of amides is 2. The molecule has 4 rings (SSSR count). The summed E-state index contributed by atoms with van der Waals surface area (Å²) in [5.74, 6) is -0.171. The Kier molecular flexibility index (Phi) is 5.56. The number of nitrogens with zero attached hydrogens (tertiary/aromatic N) is 1. The molecule has 1 aliphatic rings. The van der Waals surface area contributed by atoms with E-state index in [1.165, 1.54) is 17.0 Å². The topological polar surface area (TPSA) is 46.6 Å². The molecular formula is C24H22FNO3. The molecule has 29 heavy (non-hydrogen) atoms. The number of fused-ring (bicyclic) bond motifs is 1. The molecule has 0 spiro atoms. The van der Waals surface area contributed by atoms with Crippen molar-refractivity contribution in [3.63, 3.8) is 0 Å². The zero-order valence-corrected chi connectivity index (χ0v) is 16.0. The van der Waals surface area contributed by atoms with E-state index in [1.807, 2.05) is 42.5 Å². The van der Waals surface area contributed by atoms with E-state index in [4.69, 9.17) is 4.74 Å². The van der Waals surface area contributed by atoms with Gasteiger partial charge in [-0.1, -0.05) is 48.5 Å². The van der Waals surface area contributed by atoms with E-state index in [0.29, 0.717) is 26.0 Å². The van der Waals surface area contributed by atoms with Crippen LogP contribution in [0.5, 0.6) is 5.75 Å². The van der Waals surface area contributed by atoms with Crippen LogP contribution in [0.3, 0.4) is 0 Å². The number of imide groups is 1. The molecule has 0 radical (unpaired) electrons. The summed E-state index contributed by atoms with van der Waals surface area (Å²) >= 11 is 0. The van der Waals surface area contributed by atoms with Crippen LogP contribution in [-0.4, -0.2) is 29.9 Å². The van der Waals surface area contributed by atoms with Gasteiger partial charge in [-0.05, 0) is 42.0 Å². The average Bonchev–Trinajstić information content (AvgIpc) is 3.00. The first-order valence-corrected chi connectivity index (χ1v) is 9.81. The van der Waals surface area contributed by atoms with E-state index >= 15 is 0 Å². The molecule has 1 heterocycles. The fourth-order valence-corrected chi connectivity index (χ4v) is 3.78. The molecule has 5 heteroatoms. The second-order valence-corrected chi connectivity index (χ2v) is 7.29. The second-order valence-electron chi connectivity index (χ2n) is 7.29. The van der Waals surface area contributed by atoms with Crippen LogP contribution in [0.15, 0.2) is 66.7 Å². The number of likely N-dealkylation sites (tertiary alicyclic amines) is 1. The Morgan fingerprint density at radius 3 is 2.55 bits per heavy atom. The first-order valence-electron chi connectivity index (χ1n) is 9.81. The zero-order chi connectivity index (χ0) is 20.2. The number of hydrogen-bond acceptors (Lipinski definition) is 3. The molecule has 0 N–H and O–H groups in total. The lowest BCUT2D eigenvalue weighted by atomic mass is 9.98. The maximum atomic E-state index is 13.0. The van der Waals surface area contributed by atoms with Gasteiger partial charge in [0.1, 0.15) is 11.6 Å². The summed E-state index contributed by atoms with van der Waals surface area (Å²) in [4.78, 5) is 26.2. The van der Waals surface area contributed by atoms with Crippen molar-refractivity contribution in [2.45, 2.75) is 19.3 Å². The summed E-state index contributed by atoms with van der Waals surface area (Å²) in [6, 6.07) is 20.0. The van der Waals surface area contributed by atoms with Crippen molar-refractivity contribution >= 4 is 22.6 Å². The summed E-state index contributed by atoms with van der Waals surface area (Å²) in [6.07, 6.45) is 1.23. The highest BCUT2D eigenvalue weighted by Crippen LogP contribution is 2.26. The van der Waals surface area contributed by atoms with E-state index < -0.39 is 0 Å².